The van der Waals surface area contributed by atoms with Gasteiger partial charge in [-0.05, 0) is 74.1 Å². The van der Waals surface area contributed by atoms with Crippen molar-refractivity contribution in [3.8, 4) is 0 Å². The fourth-order valence-corrected chi connectivity index (χ4v) is 7.93. The van der Waals surface area contributed by atoms with Gasteiger partial charge in [-0.2, -0.15) is 4.57 Å². The van der Waals surface area contributed by atoms with Gasteiger partial charge in [-0.3, -0.25) is 0 Å². The Morgan fingerprint density at radius 1 is 0.975 bits per heavy atom. The Labute approximate surface area is 243 Å². The monoisotopic (exact) mass is 577 g/mol. The molecule has 4 amide bonds. The zero-order valence-electron chi connectivity index (χ0n) is 23.9. The van der Waals surface area contributed by atoms with Crippen LogP contribution in [0, 0.1) is 5.41 Å². The number of rotatable bonds is 5. The minimum Gasteiger partial charge on any atom is -0.341 e. The molecule has 0 atom stereocenters. The summed E-state index contributed by atoms with van der Waals surface area (Å²) in [5.74, 6) is 0. The van der Waals surface area contributed by atoms with E-state index in [4.69, 9.17) is 0 Å². The number of nitrogens with zero attached hydrogens (tertiary/aromatic N) is 2. The molecule has 40 heavy (non-hydrogen) atoms. The molecule has 4 N–H and O–H groups in total. The minimum absolute atomic E-state index is 0.0980. The van der Waals surface area contributed by atoms with Gasteiger partial charge in [0, 0.05) is 48.5 Å². The zero-order valence-corrected chi connectivity index (χ0v) is 25.5. The number of benzene rings is 2. The molecule has 0 unspecified atom stereocenters. The summed E-state index contributed by atoms with van der Waals surface area (Å²) in [6.07, 6.45) is 4.39. The Kier molecular flexibility index (Phi) is 7.83. The summed E-state index contributed by atoms with van der Waals surface area (Å²) >= 11 is 3.63. The molecule has 1 aliphatic carbocycles. The Bertz CT molecular complexity index is 1560. The largest absolute Gasteiger partial charge is 0.341 e. The first kappa shape index (κ1) is 28.0. The molecule has 0 radical (unpaired) electrons. The second-order valence-corrected chi connectivity index (χ2v) is 12.9. The Morgan fingerprint density at radius 3 is 2.30 bits per heavy atom. The van der Waals surface area contributed by atoms with E-state index in [1.807, 2.05) is 35.2 Å². The first-order valence-electron chi connectivity index (χ1n) is 13.6. The normalized spacial score (nSPS) is 17.9. The van der Waals surface area contributed by atoms with E-state index in [1.54, 1.807) is 14.1 Å². The van der Waals surface area contributed by atoms with Crippen molar-refractivity contribution >= 4 is 68.0 Å². The highest BCUT2D eigenvalue weighted by Crippen LogP contribution is 2.52. The fourth-order valence-electron chi connectivity index (χ4n) is 5.50. The Morgan fingerprint density at radius 2 is 1.65 bits per heavy atom. The maximum absolute atomic E-state index is 11.9. The van der Waals surface area contributed by atoms with Crippen molar-refractivity contribution in [3.63, 3.8) is 0 Å². The van der Waals surface area contributed by atoms with E-state index in [0.29, 0.717) is 0 Å². The predicted octanol–water partition coefficient (Wildman–Crippen LogP) is 6.76. The van der Waals surface area contributed by atoms with Crippen LogP contribution in [0.5, 0.6) is 0 Å². The quantitative estimate of drug-likeness (QED) is 0.252. The molecule has 0 saturated carbocycles. The molecule has 0 spiro atoms. The first-order valence-corrected chi connectivity index (χ1v) is 15.3. The van der Waals surface area contributed by atoms with Gasteiger partial charge in [0.2, 0.25) is 5.52 Å². The van der Waals surface area contributed by atoms with Crippen LogP contribution in [0.2, 0.25) is 0 Å². The van der Waals surface area contributed by atoms with Crippen molar-refractivity contribution in [2.45, 2.75) is 52.0 Å². The number of urea groups is 2. The number of thiazole rings is 1. The van der Waals surface area contributed by atoms with Gasteiger partial charge < -0.3 is 26.2 Å². The van der Waals surface area contributed by atoms with Crippen LogP contribution in [-0.4, -0.2) is 32.7 Å². The predicted molar refractivity (Wildman–Crippen MR) is 167 cm³/mol. The van der Waals surface area contributed by atoms with E-state index in [2.05, 4.69) is 88.8 Å². The summed E-state index contributed by atoms with van der Waals surface area (Å²) < 4.78 is 3.57. The van der Waals surface area contributed by atoms with E-state index in [9.17, 15) is 9.59 Å². The molecular formula is C30H37N6O2S2+. The van der Waals surface area contributed by atoms with Crippen molar-refractivity contribution in [2.24, 2.45) is 5.41 Å². The number of aryl methyl sites for hydroxylation is 1. The van der Waals surface area contributed by atoms with Gasteiger partial charge in [0.05, 0.1) is 10.7 Å². The molecule has 3 aromatic rings. The van der Waals surface area contributed by atoms with Gasteiger partial charge in [0.1, 0.15) is 11.2 Å². The number of hydrogen-bond donors (Lipinski definition) is 4. The van der Waals surface area contributed by atoms with E-state index < -0.39 is 0 Å². The molecule has 1 aliphatic heterocycles. The van der Waals surface area contributed by atoms with Crippen molar-refractivity contribution < 1.29 is 14.2 Å². The van der Waals surface area contributed by atoms with Crippen LogP contribution in [-0.2, 0) is 6.54 Å². The maximum Gasteiger partial charge on any atom is 0.318 e. The second kappa shape index (κ2) is 11.2. The molecule has 0 fully saturated rings. The highest BCUT2D eigenvalue weighted by atomic mass is 32.2. The van der Waals surface area contributed by atoms with Gasteiger partial charge in [-0.15, -0.1) is 0 Å². The highest BCUT2D eigenvalue weighted by Gasteiger charge is 2.36. The second-order valence-electron chi connectivity index (χ2n) is 10.8. The summed E-state index contributed by atoms with van der Waals surface area (Å²) in [6, 6.07) is 11.8. The van der Waals surface area contributed by atoms with Gasteiger partial charge >= 0.3 is 12.1 Å². The summed E-state index contributed by atoms with van der Waals surface area (Å²) in [4.78, 5) is 27.4. The number of fused-ring (bicyclic) bond motifs is 2. The summed E-state index contributed by atoms with van der Waals surface area (Å²) in [7, 11) is 3.24. The molecule has 0 bridgehead atoms. The van der Waals surface area contributed by atoms with E-state index >= 15 is 0 Å². The van der Waals surface area contributed by atoms with Crippen molar-refractivity contribution in [2.75, 3.05) is 36.2 Å². The highest BCUT2D eigenvalue weighted by molar-refractivity contribution is 8.03. The molecule has 210 valence electrons. The van der Waals surface area contributed by atoms with Crippen LogP contribution >= 0.6 is 23.1 Å². The van der Waals surface area contributed by atoms with Crippen molar-refractivity contribution in [3.05, 3.63) is 58.1 Å². The van der Waals surface area contributed by atoms with Crippen LogP contribution in [0.15, 0.2) is 58.0 Å². The van der Waals surface area contributed by atoms with Crippen LogP contribution in [0.3, 0.4) is 0 Å². The molecule has 0 saturated heterocycles. The van der Waals surface area contributed by atoms with Crippen LogP contribution in [0.25, 0.3) is 15.8 Å². The van der Waals surface area contributed by atoms with Gasteiger partial charge in [-0.25, -0.2) is 9.59 Å². The van der Waals surface area contributed by atoms with E-state index in [1.165, 1.54) is 30.8 Å². The minimum atomic E-state index is -0.224. The third-order valence-electron chi connectivity index (χ3n) is 7.24. The number of hydrogen-bond acceptors (Lipinski definition) is 5. The standard InChI is InChI=1S/C30H36N6O2S2/c1-7-35-22-14-20(33-28(37)31-5)9-11-24(22)39-26(35)18-13-19(17-30(3,4)16-18)27-36(8-2)23-15-21(34-29(38)32-6)10-12-25(23)40-27/h9-15H,7-8,16-17H2,1-6H3,(H3-,31,32,33,34,37,38)/p+1. The molecule has 2 heterocycles. The van der Waals surface area contributed by atoms with Gasteiger partial charge in [0.15, 0.2) is 0 Å². The van der Waals surface area contributed by atoms with Crippen LogP contribution in [0.1, 0.15) is 45.5 Å². The smallest absolute Gasteiger partial charge is 0.318 e. The average molecular weight is 578 g/mol. The number of anilines is 3. The number of amides is 4. The lowest BCUT2D eigenvalue weighted by molar-refractivity contribution is -0.665. The lowest BCUT2D eigenvalue weighted by Crippen LogP contribution is -2.36. The lowest BCUT2D eigenvalue weighted by Gasteiger charge is -2.32. The first-order chi connectivity index (χ1) is 19.2. The summed E-state index contributed by atoms with van der Waals surface area (Å²) in [6.45, 7) is 10.7. The van der Waals surface area contributed by atoms with Crippen molar-refractivity contribution in [1.82, 2.24) is 10.6 Å². The molecule has 8 nitrogen and oxygen atoms in total. The van der Waals surface area contributed by atoms with Gasteiger partial charge in [-0.1, -0.05) is 36.9 Å². The van der Waals surface area contributed by atoms with Crippen LogP contribution < -0.4 is 30.7 Å². The number of aromatic nitrogens is 1. The van der Waals surface area contributed by atoms with E-state index in [-0.39, 0.29) is 17.5 Å². The van der Waals surface area contributed by atoms with Gasteiger partial charge in [0.25, 0.3) is 5.01 Å². The zero-order chi connectivity index (χ0) is 28.6. The Hall–Kier alpha value is -3.50. The third-order valence-corrected chi connectivity index (χ3v) is 9.72. The van der Waals surface area contributed by atoms with E-state index in [0.717, 1.165) is 48.5 Å². The molecular weight excluding hydrogens is 541 g/mol. The number of carbonyl (C=O) groups is 2. The molecule has 10 heteroatoms. The average Bonchev–Trinajstić information content (AvgIpc) is 3.49. The Balaban J connectivity index is 1.57. The molecule has 2 aromatic carbocycles. The maximum atomic E-state index is 11.9. The summed E-state index contributed by atoms with van der Waals surface area (Å²) in [5, 5.41) is 13.6. The molecule has 5 rings (SSSR count). The van der Waals surface area contributed by atoms with Crippen molar-refractivity contribution in [1.29, 1.82) is 0 Å². The SMILES string of the molecule is CCN1/C(=C2\C=C(c3sc4ccc(NC(=O)NC)cc4[n+]3CC)CC(C)(C)C2)Sc2ccc(NC(=O)NC)cc21. The topological polar surface area (TPSA) is 89.4 Å². The number of carbonyl (C=O) groups excluding carboxylic acids is 2. The number of nitrogens with one attached hydrogen (secondary N) is 4. The lowest BCUT2D eigenvalue weighted by atomic mass is 9.75. The summed E-state index contributed by atoms with van der Waals surface area (Å²) in [5.41, 5.74) is 6.61. The van der Waals surface area contributed by atoms with Crippen LogP contribution in [0.4, 0.5) is 26.7 Å². The fraction of sp³-hybridized carbons (Fsp3) is 0.367. The number of allylic oxidation sites excluding steroid dienone is 3. The number of thioether (sulfide) groups is 1. The molecule has 2 aliphatic rings. The molecule has 1 aromatic heterocycles. The third kappa shape index (κ3) is 5.42.